The monoisotopic (exact) mass is 247 g/mol. The first-order valence-corrected chi connectivity index (χ1v) is 7.15. The average Bonchev–Trinajstić information content (AvgIpc) is 2.87. The lowest BCUT2D eigenvalue weighted by Gasteiger charge is -2.12. The Labute approximate surface area is 111 Å². The fourth-order valence-electron chi connectivity index (χ4n) is 2.58. The highest BCUT2D eigenvalue weighted by atomic mass is 16.5. The SMILES string of the molecule is Cc1cccc(CNCCOC2CCCC2)c1C. The number of benzene rings is 1. The highest BCUT2D eigenvalue weighted by molar-refractivity contribution is 5.32. The molecule has 0 atom stereocenters. The molecule has 0 aromatic heterocycles. The lowest BCUT2D eigenvalue weighted by molar-refractivity contribution is 0.0602. The van der Waals surface area contributed by atoms with Gasteiger partial charge in [0.1, 0.15) is 0 Å². The highest BCUT2D eigenvalue weighted by Gasteiger charge is 2.14. The zero-order valence-corrected chi connectivity index (χ0v) is 11.7. The molecule has 1 aromatic rings. The molecule has 1 N–H and O–H groups in total. The highest BCUT2D eigenvalue weighted by Crippen LogP contribution is 2.20. The minimum Gasteiger partial charge on any atom is -0.377 e. The summed E-state index contributed by atoms with van der Waals surface area (Å²) in [5.74, 6) is 0. The van der Waals surface area contributed by atoms with Crippen LogP contribution in [0.4, 0.5) is 0 Å². The van der Waals surface area contributed by atoms with Gasteiger partial charge in [0.05, 0.1) is 12.7 Å². The van der Waals surface area contributed by atoms with E-state index in [1.165, 1.54) is 42.4 Å². The standard InChI is InChI=1S/C16H25NO/c1-13-6-5-7-15(14(13)2)12-17-10-11-18-16-8-3-4-9-16/h5-7,16-17H,3-4,8-12H2,1-2H3. The van der Waals surface area contributed by atoms with Crippen LogP contribution in [0.1, 0.15) is 42.4 Å². The van der Waals surface area contributed by atoms with E-state index in [2.05, 4.69) is 37.4 Å². The van der Waals surface area contributed by atoms with Gasteiger partial charge in [0.15, 0.2) is 0 Å². The Morgan fingerprint density at radius 1 is 1.22 bits per heavy atom. The molecule has 2 rings (SSSR count). The molecule has 0 heterocycles. The summed E-state index contributed by atoms with van der Waals surface area (Å²) >= 11 is 0. The van der Waals surface area contributed by atoms with Gasteiger partial charge in [-0.15, -0.1) is 0 Å². The molecule has 1 aliphatic carbocycles. The van der Waals surface area contributed by atoms with Gasteiger partial charge in [-0.1, -0.05) is 31.0 Å². The van der Waals surface area contributed by atoms with E-state index in [1.807, 2.05) is 0 Å². The topological polar surface area (TPSA) is 21.3 Å². The lowest BCUT2D eigenvalue weighted by atomic mass is 10.0. The van der Waals surface area contributed by atoms with Crippen molar-refractivity contribution in [3.63, 3.8) is 0 Å². The van der Waals surface area contributed by atoms with Crippen LogP contribution < -0.4 is 5.32 Å². The van der Waals surface area contributed by atoms with E-state index in [0.717, 1.165) is 19.7 Å². The van der Waals surface area contributed by atoms with Crippen LogP contribution in [0.3, 0.4) is 0 Å². The molecule has 1 aliphatic rings. The number of hydrogen-bond acceptors (Lipinski definition) is 2. The van der Waals surface area contributed by atoms with Crippen LogP contribution in [0, 0.1) is 13.8 Å². The van der Waals surface area contributed by atoms with Crippen molar-refractivity contribution in [1.82, 2.24) is 5.32 Å². The Morgan fingerprint density at radius 3 is 2.78 bits per heavy atom. The summed E-state index contributed by atoms with van der Waals surface area (Å²) in [5.41, 5.74) is 4.18. The minimum atomic E-state index is 0.535. The maximum Gasteiger partial charge on any atom is 0.0594 e. The first kappa shape index (κ1) is 13.6. The molecular weight excluding hydrogens is 222 g/mol. The summed E-state index contributed by atoms with van der Waals surface area (Å²) in [6.07, 6.45) is 5.75. The summed E-state index contributed by atoms with van der Waals surface area (Å²) in [6.45, 7) is 7.10. The van der Waals surface area contributed by atoms with Gasteiger partial charge in [-0.25, -0.2) is 0 Å². The molecule has 0 radical (unpaired) electrons. The quantitative estimate of drug-likeness (QED) is 0.778. The largest absolute Gasteiger partial charge is 0.377 e. The summed E-state index contributed by atoms with van der Waals surface area (Å²) < 4.78 is 5.83. The molecular formula is C16H25NO. The van der Waals surface area contributed by atoms with E-state index < -0.39 is 0 Å². The van der Waals surface area contributed by atoms with E-state index in [9.17, 15) is 0 Å². The van der Waals surface area contributed by atoms with E-state index >= 15 is 0 Å². The van der Waals surface area contributed by atoms with E-state index in [4.69, 9.17) is 4.74 Å². The van der Waals surface area contributed by atoms with Crippen molar-refractivity contribution >= 4 is 0 Å². The minimum absolute atomic E-state index is 0.535. The zero-order chi connectivity index (χ0) is 12.8. The van der Waals surface area contributed by atoms with Gasteiger partial charge in [-0.2, -0.15) is 0 Å². The van der Waals surface area contributed by atoms with Crippen LogP contribution >= 0.6 is 0 Å². The molecule has 0 saturated heterocycles. The zero-order valence-electron chi connectivity index (χ0n) is 11.7. The number of aryl methyl sites for hydroxylation is 1. The van der Waals surface area contributed by atoms with E-state index in [-0.39, 0.29) is 0 Å². The van der Waals surface area contributed by atoms with Crippen molar-refractivity contribution in [3.8, 4) is 0 Å². The summed E-state index contributed by atoms with van der Waals surface area (Å²) in [5, 5.41) is 3.47. The van der Waals surface area contributed by atoms with Crippen LogP contribution in [0.2, 0.25) is 0 Å². The summed E-state index contributed by atoms with van der Waals surface area (Å²) in [7, 11) is 0. The normalized spacial score (nSPS) is 16.3. The molecule has 0 spiro atoms. The molecule has 1 aromatic carbocycles. The second-order valence-electron chi connectivity index (χ2n) is 5.31. The number of ether oxygens (including phenoxy) is 1. The lowest BCUT2D eigenvalue weighted by Crippen LogP contribution is -2.22. The maximum atomic E-state index is 5.83. The summed E-state index contributed by atoms with van der Waals surface area (Å²) in [6, 6.07) is 6.50. The third-order valence-electron chi connectivity index (χ3n) is 3.97. The van der Waals surface area contributed by atoms with Crippen molar-refractivity contribution in [2.45, 2.75) is 52.2 Å². The second kappa shape index (κ2) is 6.91. The fraction of sp³-hybridized carbons (Fsp3) is 0.625. The Hall–Kier alpha value is -0.860. The van der Waals surface area contributed by atoms with Crippen LogP contribution in [-0.4, -0.2) is 19.3 Å². The van der Waals surface area contributed by atoms with Crippen molar-refractivity contribution in [3.05, 3.63) is 34.9 Å². The molecule has 0 unspecified atom stereocenters. The first-order chi connectivity index (χ1) is 8.77. The molecule has 2 nitrogen and oxygen atoms in total. The molecule has 1 saturated carbocycles. The van der Waals surface area contributed by atoms with Gasteiger partial charge in [-0.3, -0.25) is 0 Å². The van der Waals surface area contributed by atoms with Gasteiger partial charge in [-0.05, 0) is 43.4 Å². The number of nitrogens with one attached hydrogen (secondary N) is 1. The van der Waals surface area contributed by atoms with E-state index in [1.54, 1.807) is 0 Å². The third-order valence-corrected chi connectivity index (χ3v) is 3.97. The average molecular weight is 247 g/mol. The smallest absolute Gasteiger partial charge is 0.0594 e. The van der Waals surface area contributed by atoms with Crippen molar-refractivity contribution < 1.29 is 4.74 Å². The Bertz CT molecular complexity index is 369. The molecule has 0 bridgehead atoms. The predicted molar refractivity (Wildman–Crippen MR) is 75.8 cm³/mol. The van der Waals surface area contributed by atoms with Crippen LogP contribution in [-0.2, 0) is 11.3 Å². The molecule has 1 fully saturated rings. The second-order valence-corrected chi connectivity index (χ2v) is 5.31. The molecule has 0 amide bonds. The van der Waals surface area contributed by atoms with Gasteiger partial charge >= 0.3 is 0 Å². The van der Waals surface area contributed by atoms with Gasteiger partial charge in [0.25, 0.3) is 0 Å². The molecule has 0 aliphatic heterocycles. The predicted octanol–water partition coefficient (Wildman–Crippen LogP) is 3.35. The van der Waals surface area contributed by atoms with Crippen LogP contribution in [0.25, 0.3) is 0 Å². The number of rotatable bonds is 6. The van der Waals surface area contributed by atoms with Gasteiger partial charge in [0, 0.05) is 13.1 Å². The Balaban J connectivity index is 1.64. The number of hydrogen-bond donors (Lipinski definition) is 1. The molecule has 18 heavy (non-hydrogen) atoms. The Morgan fingerprint density at radius 2 is 2.00 bits per heavy atom. The van der Waals surface area contributed by atoms with Gasteiger partial charge < -0.3 is 10.1 Å². The van der Waals surface area contributed by atoms with Crippen LogP contribution in [0.15, 0.2) is 18.2 Å². The molecule has 2 heteroatoms. The van der Waals surface area contributed by atoms with Crippen LogP contribution in [0.5, 0.6) is 0 Å². The maximum absolute atomic E-state index is 5.83. The molecule has 100 valence electrons. The van der Waals surface area contributed by atoms with Crippen molar-refractivity contribution in [1.29, 1.82) is 0 Å². The summed E-state index contributed by atoms with van der Waals surface area (Å²) in [4.78, 5) is 0. The van der Waals surface area contributed by atoms with E-state index in [0.29, 0.717) is 6.10 Å². The van der Waals surface area contributed by atoms with Crippen molar-refractivity contribution in [2.75, 3.05) is 13.2 Å². The first-order valence-electron chi connectivity index (χ1n) is 7.15. The fourth-order valence-corrected chi connectivity index (χ4v) is 2.58. The van der Waals surface area contributed by atoms with Gasteiger partial charge in [0.2, 0.25) is 0 Å². The third kappa shape index (κ3) is 3.82. The van der Waals surface area contributed by atoms with Crippen molar-refractivity contribution in [2.24, 2.45) is 0 Å². The Kier molecular flexibility index (Phi) is 5.21.